The number of rotatable bonds is 6. The predicted octanol–water partition coefficient (Wildman–Crippen LogP) is 4.00. The molecule has 1 saturated heterocycles. The number of hydrogen-bond donors (Lipinski definition) is 1. The minimum atomic E-state index is -0.390. The Hall–Kier alpha value is -2.88. The Kier molecular flexibility index (Phi) is 5.79. The summed E-state index contributed by atoms with van der Waals surface area (Å²) < 4.78 is 5.43. The Morgan fingerprint density at radius 1 is 1.28 bits per heavy atom. The van der Waals surface area contributed by atoms with Gasteiger partial charge in [0.15, 0.2) is 5.13 Å². The molecule has 2 aromatic heterocycles. The summed E-state index contributed by atoms with van der Waals surface area (Å²) in [4.78, 5) is 23.3. The van der Waals surface area contributed by atoms with Gasteiger partial charge in [-0.1, -0.05) is 12.1 Å². The van der Waals surface area contributed by atoms with Crippen molar-refractivity contribution in [3.05, 3.63) is 63.1 Å². The number of non-ortho nitro benzene ring substituents is 1. The Balaban J connectivity index is 1.68. The molecule has 1 aliphatic heterocycles. The maximum Gasteiger partial charge on any atom is 0.270 e. The number of thiazole rings is 1. The number of pyridine rings is 1. The number of nitrogens with zero attached hydrogens (tertiary/aromatic N) is 4. The summed E-state index contributed by atoms with van der Waals surface area (Å²) in [6.07, 6.45) is 1.81. The van der Waals surface area contributed by atoms with Crippen LogP contribution in [-0.4, -0.2) is 46.1 Å². The lowest BCUT2D eigenvalue weighted by molar-refractivity contribution is -0.384. The number of benzene rings is 1. The summed E-state index contributed by atoms with van der Waals surface area (Å²) in [5.41, 5.74) is 2.53. The average molecular weight is 411 g/mol. The van der Waals surface area contributed by atoms with E-state index in [4.69, 9.17) is 9.72 Å². The molecule has 4 rings (SSSR count). The molecule has 0 atom stereocenters. The Morgan fingerprint density at radius 3 is 2.83 bits per heavy atom. The zero-order valence-electron chi connectivity index (χ0n) is 16.0. The lowest BCUT2D eigenvalue weighted by atomic mass is 10.1. The van der Waals surface area contributed by atoms with Gasteiger partial charge in [0.05, 0.1) is 23.8 Å². The number of nitrogens with one attached hydrogen (secondary N) is 1. The van der Waals surface area contributed by atoms with Crippen LogP contribution in [0.3, 0.4) is 0 Å². The van der Waals surface area contributed by atoms with E-state index in [1.807, 2.05) is 31.3 Å². The van der Waals surface area contributed by atoms with E-state index in [9.17, 15) is 10.1 Å². The van der Waals surface area contributed by atoms with Crippen molar-refractivity contribution in [1.82, 2.24) is 14.9 Å². The first kappa shape index (κ1) is 19.4. The minimum absolute atomic E-state index is 0.0490. The van der Waals surface area contributed by atoms with E-state index in [0.29, 0.717) is 17.1 Å². The van der Waals surface area contributed by atoms with Gasteiger partial charge in [0.25, 0.3) is 5.69 Å². The second-order valence-corrected chi connectivity index (χ2v) is 8.08. The van der Waals surface area contributed by atoms with Gasteiger partial charge in [-0.2, -0.15) is 0 Å². The van der Waals surface area contributed by atoms with Crippen LogP contribution in [0.25, 0.3) is 11.3 Å². The zero-order chi connectivity index (χ0) is 20.2. The standard InChI is InChI=1S/C20H21N5O3S/c1-14-12-21-20(29-14)23-19-10-15(13-24-5-7-28-8-6-24)9-18(22-19)16-3-2-4-17(11-16)25(26)27/h2-4,9-12H,5-8,13H2,1H3,(H,21,22,23). The molecule has 9 heteroatoms. The van der Waals surface area contributed by atoms with Crippen LogP contribution >= 0.6 is 11.3 Å². The molecule has 1 N–H and O–H groups in total. The first-order chi connectivity index (χ1) is 14.1. The molecule has 8 nitrogen and oxygen atoms in total. The number of morpholine rings is 1. The molecule has 0 aliphatic carbocycles. The van der Waals surface area contributed by atoms with E-state index in [1.165, 1.54) is 6.07 Å². The van der Waals surface area contributed by atoms with Gasteiger partial charge in [0.1, 0.15) is 5.82 Å². The third kappa shape index (κ3) is 4.94. The number of nitro groups is 1. The maximum atomic E-state index is 11.2. The summed E-state index contributed by atoms with van der Waals surface area (Å²) in [6, 6.07) is 10.6. The van der Waals surface area contributed by atoms with Crippen molar-refractivity contribution in [2.75, 3.05) is 31.6 Å². The number of aryl methyl sites for hydroxylation is 1. The van der Waals surface area contributed by atoms with Crippen LogP contribution in [0.4, 0.5) is 16.6 Å². The van der Waals surface area contributed by atoms with Crippen molar-refractivity contribution in [1.29, 1.82) is 0 Å². The number of ether oxygens (including phenoxy) is 1. The number of hydrogen-bond acceptors (Lipinski definition) is 8. The van der Waals surface area contributed by atoms with E-state index in [-0.39, 0.29) is 5.69 Å². The normalized spacial score (nSPS) is 14.7. The van der Waals surface area contributed by atoms with Crippen molar-refractivity contribution in [2.24, 2.45) is 0 Å². The number of nitro benzene ring substituents is 1. The van der Waals surface area contributed by atoms with Gasteiger partial charge < -0.3 is 10.1 Å². The minimum Gasteiger partial charge on any atom is -0.379 e. The quantitative estimate of drug-likeness (QED) is 0.484. The molecule has 0 spiro atoms. The van der Waals surface area contributed by atoms with Gasteiger partial charge in [-0.25, -0.2) is 9.97 Å². The summed E-state index contributed by atoms with van der Waals surface area (Å²) in [5.74, 6) is 0.673. The van der Waals surface area contributed by atoms with Crippen molar-refractivity contribution < 1.29 is 9.66 Å². The summed E-state index contributed by atoms with van der Waals surface area (Å²) in [7, 11) is 0. The van der Waals surface area contributed by atoms with Gasteiger partial charge in [-0.15, -0.1) is 11.3 Å². The second-order valence-electron chi connectivity index (χ2n) is 6.84. The van der Waals surface area contributed by atoms with Crippen LogP contribution in [0, 0.1) is 17.0 Å². The molecule has 29 heavy (non-hydrogen) atoms. The smallest absolute Gasteiger partial charge is 0.270 e. The highest BCUT2D eigenvalue weighted by Crippen LogP contribution is 2.28. The fraction of sp³-hybridized carbons (Fsp3) is 0.300. The third-order valence-corrected chi connectivity index (χ3v) is 5.43. The van der Waals surface area contributed by atoms with E-state index < -0.39 is 4.92 Å². The van der Waals surface area contributed by atoms with Gasteiger partial charge in [-0.05, 0) is 24.6 Å². The lowest BCUT2D eigenvalue weighted by Crippen LogP contribution is -2.35. The molecule has 3 heterocycles. The Morgan fingerprint density at radius 2 is 2.10 bits per heavy atom. The summed E-state index contributed by atoms with van der Waals surface area (Å²) in [6.45, 7) is 5.98. The zero-order valence-corrected chi connectivity index (χ0v) is 16.8. The van der Waals surface area contributed by atoms with Crippen LogP contribution < -0.4 is 5.32 Å². The van der Waals surface area contributed by atoms with E-state index in [0.717, 1.165) is 48.4 Å². The van der Waals surface area contributed by atoms with Crippen LogP contribution in [0.1, 0.15) is 10.4 Å². The molecule has 1 fully saturated rings. The van der Waals surface area contributed by atoms with Crippen molar-refractivity contribution in [3.8, 4) is 11.3 Å². The van der Waals surface area contributed by atoms with Crippen LogP contribution in [0.5, 0.6) is 0 Å². The average Bonchev–Trinajstić information content (AvgIpc) is 3.13. The fourth-order valence-corrected chi connectivity index (χ4v) is 3.88. The third-order valence-electron chi connectivity index (χ3n) is 4.60. The number of anilines is 2. The van der Waals surface area contributed by atoms with Crippen LogP contribution in [-0.2, 0) is 11.3 Å². The van der Waals surface area contributed by atoms with E-state index >= 15 is 0 Å². The van der Waals surface area contributed by atoms with Crippen molar-refractivity contribution in [3.63, 3.8) is 0 Å². The SMILES string of the molecule is Cc1cnc(Nc2cc(CN3CCOCC3)cc(-c3cccc([N+](=O)[O-])c3)n2)s1. The predicted molar refractivity (Wildman–Crippen MR) is 113 cm³/mol. The number of aromatic nitrogens is 2. The topological polar surface area (TPSA) is 93.4 Å². The van der Waals surface area contributed by atoms with E-state index in [1.54, 1.807) is 23.5 Å². The second kappa shape index (κ2) is 8.64. The van der Waals surface area contributed by atoms with Crippen molar-refractivity contribution in [2.45, 2.75) is 13.5 Å². The fourth-order valence-electron chi connectivity index (χ4n) is 3.21. The lowest BCUT2D eigenvalue weighted by Gasteiger charge is -2.26. The van der Waals surface area contributed by atoms with Crippen LogP contribution in [0.2, 0.25) is 0 Å². The van der Waals surface area contributed by atoms with Gasteiger partial charge in [0.2, 0.25) is 0 Å². The highest BCUT2D eigenvalue weighted by molar-refractivity contribution is 7.15. The van der Waals surface area contributed by atoms with Gasteiger partial charge >= 0.3 is 0 Å². The molecule has 0 radical (unpaired) electrons. The molecule has 1 aliphatic rings. The van der Waals surface area contributed by atoms with Gasteiger partial charge in [-0.3, -0.25) is 15.0 Å². The largest absolute Gasteiger partial charge is 0.379 e. The molecule has 0 amide bonds. The van der Waals surface area contributed by atoms with Gasteiger partial charge in [0, 0.05) is 48.4 Å². The maximum absolute atomic E-state index is 11.2. The van der Waals surface area contributed by atoms with Crippen molar-refractivity contribution >= 4 is 28.0 Å². The Bertz CT molecular complexity index is 1020. The summed E-state index contributed by atoms with van der Waals surface area (Å²) >= 11 is 1.55. The molecule has 3 aromatic rings. The highest BCUT2D eigenvalue weighted by atomic mass is 32.1. The molecular formula is C20H21N5O3S. The molecule has 0 saturated carbocycles. The molecule has 1 aromatic carbocycles. The Labute approximate surface area is 172 Å². The highest BCUT2D eigenvalue weighted by Gasteiger charge is 2.15. The first-order valence-electron chi connectivity index (χ1n) is 9.32. The van der Waals surface area contributed by atoms with E-state index in [2.05, 4.69) is 15.2 Å². The molecular weight excluding hydrogens is 390 g/mol. The van der Waals surface area contributed by atoms with Crippen LogP contribution in [0.15, 0.2) is 42.6 Å². The first-order valence-corrected chi connectivity index (χ1v) is 10.1. The monoisotopic (exact) mass is 411 g/mol. The molecule has 0 bridgehead atoms. The summed E-state index contributed by atoms with van der Waals surface area (Å²) in [5, 5.41) is 15.2. The molecule has 150 valence electrons. The molecule has 0 unspecified atom stereocenters.